The van der Waals surface area contributed by atoms with Gasteiger partial charge in [-0.1, -0.05) is 13.8 Å². The zero-order valence-electron chi connectivity index (χ0n) is 11.6. The summed E-state index contributed by atoms with van der Waals surface area (Å²) in [5.74, 6) is 0.613. The Morgan fingerprint density at radius 2 is 2.05 bits per heavy atom. The molecule has 0 aliphatic heterocycles. The largest absolute Gasteiger partial charge is 0.374 e. The Morgan fingerprint density at radius 1 is 1.37 bits per heavy atom. The molecule has 19 heavy (non-hydrogen) atoms. The van der Waals surface area contributed by atoms with E-state index < -0.39 is 13.0 Å². The third-order valence-corrected chi connectivity index (χ3v) is 3.81. The summed E-state index contributed by atoms with van der Waals surface area (Å²) in [6.07, 6.45) is -0.832. The molecular formula is C13H24F2N2O2. The number of halogens is 2. The molecule has 0 bridgehead atoms. The molecule has 0 heterocycles. The van der Waals surface area contributed by atoms with E-state index in [-0.39, 0.29) is 31.0 Å². The molecule has 0 radical (unpaired) electrons. The first-order chi connectivity index (χ1) is 8.91. The molecule has 4 nitrogen and oxygen atoms in total. The summed E-state index contributed by atoms with van der Waals surface area (Å²) in [6.45, 7) is 3.95. The number of alkyl halides is 2. The van der Waals surface area contributed by atoms with Gasteiger partial charge < -0.3 is 15.8 Å². The maximum absolute atomic E-state index is 12.0. The lowest BCUT2D eigenvalue weighted by Gasteiger charge is -2.36. The van der Waals surface area contributed by atoms with Crippen molar-refractivity contribution in [2.45, 2.75) is 39.2 Å². The van der Waals surface area contributed by atoms with Crippen molar-refractivity contribution in [3.63, 3.8) is 0 Å². The van der Waals surface area contributed by atoms with Crippen LogP contribution in [-0.2, 0) is 9.53 Å². The van der Waals surface area contributed by atoms with Crippen LogP contribution in [0, 0.1) is 17.8 Å². The van der Waals surface area contributed by atoms with E-state index in [0.29, 0.717) is 18.3 Å². The number of ether oxygens (including phenoxy) is 1. The molecule has 1 aliphatic rings. The van der Waals surface area contributed by atoms with Crippen molar-refractivity contribution in [3.05, 3.63) is 0 Å². The standard InChI is InChI=1S/C13H24F2N2O2/c1-8-5-9(2)11(16)6-10(8)13(18)17-3-4-19-7-12(14)15/h8-12H,3-7,16H2,1-2H3,(H,17,18). The zero-order valence-corrected chi connectivity index (χ0v) is 11.6. The van der Waals surface area contributed by atoms with E-state index in [9.17, 15) is 13.6 Å². The van der Waals surface area contributed by atoms with Gasteiger partial charge in [-0.25, -0.2) is 8.78 Å². The van der Waals surface area contributed by atoms with E-state index in [1.807, 2.05) is 0 Å². The Hall–Kier alpha value is -0.750. The highest BCUT2D eigenvalue weighted by atomic mass is 19.3. The number of rotatable bonds is 6. The van der Waals surface area contributed by atoms with Crippen LogP contribution in [0.15, 0.2) is 0 Å². The van der Waals surface area contributed by atoms with Crippen LogP contribution in [0.25, 0.3) is 0 Å². The van der Waals surface area contributed by atoms with Crippen molar-refractivity contribution in [3.8, 4) is 0 Å². The highest BCUT2D eigenvalue weighted by Gasteiger charge is 2.34. The molecule has 4 atom stereocenters. The fraction of sp³-hybridized carbons (Fsp3) is 0.923. The van der Waals surface area contributed by atoms with E-state index in [1.54, 1.807) is 0 Å². The van der Waals surface area contributed by atoms with Gasteiger partial charge in [0.15, 0.2) is 0 Å². The summed E-state index contributed by atoms with van der Waals surface area (Å²) in [5, 5.41) is 2.73. The fourth-order valence-electron chi connectivity index (χ4n) is 2.60. The smallest absolute Gasteiger partial charge is 0.261 e. The van der Waals surface area contributed by atoms with E-state index in [0.717, 1.165) is 6.42 Å². The predicted molar refractivity (Wildman–Crippen MR) is 68.9 cm³/mol. The molecule has 1 amide bonds. The molecule has 1 rings (SSSR count). The summed E-state index contributed by atoms with van der Waals surface area (Å²) in [6, 6.07) is 0.0574. The second-order valence-corrected chi connectivity index (χ2v) is 5.45. The topological polar surface area (TPSA) is 64.3 Å². The van der Waals surface area contributed by atoms with Crippen LogP contribution in [0.4, 0.5) is 8.78 Å². The van der Waals surface area contributed by atoms with Crippen molar-refractivity contribution in [1.82, 2.24) is 5.32 Å². The van der Waals surface area contributed by atoms with Crippen LogP contribution in [0.5, 0.6) is 0 Å². The Kier molecular flexibility index (Phi) is 6.65. The van der Waals surface area contributed by atoms with Crippen LogP contribution in [0.2, 0.25) is 0 Å². The van der Waals surface area contributed by atoms with Crippen molar-refractivity contribution < 1.29 is 18.3 Å². The number of carbonyl (C=O) groups excluding carboxylic acids is 1. The first kappa shape index (κ1) is 16.3. The monoisotopic (exact) mass is 278 g/mol. The van der Waals surface area contributed by atoms with E-state index in [1.165, 1.54) is 0 Å². The summed E-state index contributed by atoms with van der Waals surface area (Å²) >= 11 is 0. The molecule has 1 saturated carbocycles. The van der Waals surface area contributed by atoms with Gasteiger partial charge in [-0.2, -0.15) is 0 Å². The minimum atomic E-state index is -2.46. The van der Waals surface area contributed by atoms with Crippen LogP contribution in [0.3, 0.4) is 0 Å². The van der Waals surface area contributed by atoms with Gasteiger partial charge in [0.1, 0.15) is 6.61 Å². The highest BCUT2D eigenvalue weighted by Crippen LogP contribution is 2.32. The molecule has 0 spiro atoms. The van der Waals surface area contributed by atoms with Crippen molar-refractivity contribution >= 4 is 5.91 Å². The van der Waals surface area contributed by atoms with Gasteiger partial charge in [-0.3, -0.25) is 4.79 Å². The number of carbonyl (C=O) groups is 1. The van der Waals surface area contributed by atoms with Crippen molar-refractivity contribution in [2.24, 2.45) is 23.5 Å². The summed E-state index contributed by atoms with van der Waals surface area (Å²) in [5.41, 5.74) is 5.99. The van der Waals surface area contributed by atoms with Gasteiger partial charge >= 0.3 is 0 Å². The average molecular weight is 278 g/mol. The van der Waals surface area contributed by atoms with Gasteiger partial charge in [0.2, 0.25) is 5.91 Å². The maximum atomic E-state index is 12.0. The Balaban J connectivity index is 2.25. The maximum Gasteiger partial charge on any atom is 0.261 e. The lowest BCUT2D eigenvalue weighted by Crippen LogP contribution is -2.45. The quantitative estimate of drug-likeness (QED) is 0.722. The molecule has 0 aromatic heterocycles. The lowest BCUT2D eigenvalue weighted by molar-refractivity contribution is -0.128. The van der Waals surface area contributed by atoms with Gasteiger partial charge in [-0.05, 0) is 24.7 Å². The van der Waals surface area contributed by atoms with E-state index in [4.69, 9.17) is 10.5 Å². The summed E-state index contributed by atoms with van der Waals surface area (Å²) in [4.78, 5) is 12.0. The van der Waals surface area contributed by atoms with Crippen LogP contribution >= 0.6 is 0 Å². The Bertz CT molecular complexity index is 290. The minimum absolute atomic E-state index is 0.0458. The first-order valence-corrected chi connectivity index (χ1v) is 6.81. The normalized spacial score (nSPS) is 31.5. The van der Waals surface area contributed by atoms with Gasteiger partial charge in [0.05, 0.1) is 6.61 Å². The molecule has 0 aromatic carbocycles. The molecule has 1 aliphatic carbocycles. The van der Waals surface area contributed by atoms with Crippen LogP contribution < -0.4 is 11.1 Å². The molecule has 0 saturated heterocycles. The van der Waals surface area contributed by atoms with Gasteiger partial charge in [0, 0.05) is 18.5 Å². The average Bonchev–Trinajstić information content (AvgIpc) is 2.32. The Morgan fingerprint density at radius 3 is 2.68 bits per heavy atom. The fourth-order valence-corrected chi connectivity index (χ4v) is 2.60. The molecule has 112 valence electrons. The molecule has 4 unspecified atom stereocenters. The van der Waals surface area contributed by atoms with E-state index in [2.05, 4.69) is 19.2 Å². The predicted octanol–water partition coefficient (Wildman–Crippen LogP) is 1.39. The molecule has 1 fully saturated rings. The highest BCUT2D eigenvalue weighted by molar-refractivity contribution is 5.79. The van der Waals surface area contributed by atoms with Gasteiger partial charge in [0.25, 0.3) is 6.43 Å². The van der Waals surface area contributed by atoms with Gasteiger partial charge in [-0.15, -0.1) is 0 Å². The van der Waals surface area contributed by atoms with Crippen LogP contribution in [0.1, 0.15) is 26.7 Å². The second-order valence-electron chi connectivity index (χ2n) is 5.45. The van der Waals surface area contributed by atoms with Crippen LogP contribution in [-0.4, -0.2) is 38.1 Å². The zero-order chi connectivity index (χ0) is 14.4. The molecular weight excluding hydrogens is 254 g/mol. The summed E-state index contributed by atoms with van der Waals surface area (Å²) < 4.78 is 28.3. The first-order valence-electron chi connectivity index (χ1n) is 6.81. The third kappa shape index (κ3) is 5.40. The Labute approximate surface area is 113 Å². The lowest BCUT2D eigenvalue weighted by atomic mass is 9.72. The second kappa shape index (κ2) is 7.75. The molecule has 0 aromatic rings. The molecule has 3 N–H and O–H groups in total. The number of hydrogen-bond acceptors (Lipinski definition) is 3. The minimum Gasteiger partial charge on any atom is -0.374 e. The molecule has 6 heteroatoms. The number of nitrogens with one attached hydrogen (secondary N) is 1. The third-order valence-electron chi connectivity index (χ3n) is 3.81. The number of hydrogen-bond donors (Lipinski definition) is 2. The number of nitrogens with two attached hydrogens (primary N) is 1. The number of amides is 1. The summed E-state index contributed by atoms with van der Waals surface area (Å²) in [7, 11) is 0. The SMILES string of the molecule is CC1CC(C)C(C(=O)NCCOCC(F)F)CC1N. The van der Waals surface area contributed by atoms with E-state index >= 15 is 0 Å². The van der Waals surface area contributed by atoms with Crippen molar-refractivity contribution in [2.75, 3.05) is 19.8 Å². The van der Waals surface area contributed by atoms with Crippen molar-refractivity contribution in [1.29, 1.82) is 0 Å².